The first kappa shape index (κ1) is 17.3. The second-order valence-electron chi connectivity index (χ2n) is 6.31. The SMILES string of the molecule is O=C(Cc1ccc(F)cc1)NC[C@@H]1CCN(c2ccc(F)c(F)c2)C1. The van der Waals surface area contributed by atoms with Crippen LogP contribution in [-0.2, 0) is 11.2 Å². The lowest BCUT2D eigenvalue weighted by Gasteiger charge is -2.19. The number of halogens is 3. The number of hydrogen-bond acceptors (Lipinski definition) is 2. The largest absolute Gasteiger partial charge is 0.371 e. The van der Waals surface area contributed by atoms with Crippen molar-refractivity contribution in [3.8, 4) is 0 Å². The van der Waals surface area contributed by atoms with Gasteiger partial charge in [0.2, 0.25) is 5.91 Å². The maximum Gasteiger partial charge on any atom is 0.224 e. The number of amides is 1. The number of nitrogens with one attached hydrogen (secondary N) is 1. The molecular formula is C19H19F3N2O. The minimum Gasteiger partial charge on any atom is -0.371 e. The molecule has 0 saturated carbocycles. The van der Waals surface area contributed by atoms with Crippen LogP contribution in [0.25, 0.3) is 0 Å². The van der Waals surface area contributed by atoms with Gasteiger partial charge in [0, 0.05) is 31.4 Å². The van der Waals surface area contributed by atoms with E-state index in [0.717, 1.165) is 24.6 Å². The van der Waals surface area contributed by atoms with Gasteiger partial charge in [-0.15, -0.1) is 0 Å². The summed E-state index contributed by atoms with van der Waals surface area (Å²) in [5.41, 5.74) is 1.41. The summed E-state index contributed by atoms with van der Waals surface area (Å²) in [6.45, 7) is 1.95. The number of anilines is 1. The predicted octanol–water partition coefficient (Wildman–Crippen LogP) is 3.29. The smallest absolute Gasteiger partial charge is 0.224 e. The average molecular weight is 348 g/mol. The Morgan fingerprint density at radius 1 is 1.08 bits per heavy atom. The zero-order chi connectivity index (χ0) is 17.8. The molecular weight excluding hydrogens is 329 g/mol. The molecule has 1 atom stereocenters. The fourth-order valence-corrected chi connectivity index (χ4v) is 3.02. The fourth-order valence-electron chi connectivity index (χ4n) is 3.02. The Kier molecular flexibility index (Phi) is 5.26. The fraction of sp³-hybridized carbons (Fsp3) is 0.316. The molecule has 3 rings (SSSR count). The van der Waals surface area contributed by atoms with Gasteiger partial charge in [-0.05, 0) is 42.2 Å². The van der Waals surface area contributed by atoms with Crippen LogP contribution in [0, 0.1) is 23.4 Å². The third kappa shape index (κ3) is 4.53. The maximum atomic E-state index is 13.3. The van der Waals surface area contributed by atoms with Gasteiger partial charge in [0.05, 0.1) is 6.42 Å². The molecule has 0 radical (unpaired) electrons. The van der Waals surface area contributed by atoms with Gasteiger partial charge in [-0.1, -0.05) is 12.1 Å². The van der Waals surface area contributed by atoms with Crippen LogP contribution in [0.15, 0.2) is 42.5 Å². The molecule has 1 heterocycles. The Balaban J connectivity index is 1.47. The first-order chi connectivity index (χ1) is 12.0. The summed E-state index contributed by atoms with van der Waals surface area (Å²) in [5.74, 6) is -1.89. The summed E-state index contributed by atoms with van der Waals surface area (Å²) >= 11 is 0. The molecule has 3 nitrogen and oxygen atoms in total. The molecule has 1 saturated heterocycles. The topological polar surface area (TPSA) is 32.3 Å². The number of carbonyl (C=O) groups is 1. The Morgan fingerprint density at radius 2 is 1.84 bits per heavy atom. The third-order valence-corrected chi connectivity index (χ3v) is 4.42. The molecule has 0 bridgehead atoms. The van der Waals surface area contributed by atoms with E-state index >= 15 is 0 Å². The quantitative estimate of drug-likeness (QED) is 0.899. The van der Waals surface area contributed by atoms with Crippen LogP contribution in [0.4, 0.5) is 18.9 Å². The molecule has 2 aromatic carbocycles. The number of carbonyl (C=O) groups excluding carboxylic acids is 1. The summed E-state index contributed by atoms with van der Waals surface area (Å²) < 4.78 is 39.2. The van der Waals surface area contributed by atoms with Crippen molar-refractivity contribution in [2.75, 3.05) is 24.5 Å². The summed E-state index contributed by atoms with van der Waals surface area (Å²) in [7, 11) is 0. The summed E-state index contributed by atoms with van der Waals surface area (Å²) in [4.78, 5) is 14.0. The zero-order valence-corrected chi connectivity index (χ0v) is 13.6. The highest BCUT2D eigenvalue weighted by atomic mass is 19.2. The van der Waals surface area contributed by atoms with E-state index in [0.29, 0.717) is 18.8 Å². The van der Waals surface area contributed by atoms with Gasteiger partial charge in [-0.2, -0.15) is 0 Å². The van der Waals surface area contributed by atoms with Crippen molar-refractivity contribution in [3.05, 3.63) is 65.5 Å². The van der Waals surface area contributed by atoms with Crippen molar-refractivity contribution in [1.82, 2.24) is 5.32 Å². The number of nitrogens with zero attached hydrogens (tertiary/aromatic N) is 1. The van der Waals surface area contributed by atoms with E-state index in [1.807, 2.05) is 4.90 Å². The molecule has 0 aliphatic carbocycles. The van der Waals surface area contributed by atoms with E-state index in [1.54, 1.807) is 18.2 Å². The number of rotatable bonds is 5. The summed E-state index contributed by atoms with van der Waals surface area (Å²) in [6, 6.07) is 9.74. The maximum absolute atomic E-state index is 13.3. The molecule has 0 unspecified atom stereocenters. The lowest BCUT2D eigenvalue weighted by Crippen LogP contribution is -2.32. The third-order valence-electron chi connectivity index (χ3n) is 4.42. The Bertz CT molecular complexity index is 749. The van der Waals surface area contributed by atoms with Crippen molar-refractivity contribution in [1.29, 1.82) is 0 Å². The molecule has 2 aromatic rings. The van der Waals surface area contributed by atoms with E-state index in [4.69, 9.17) is 0 Å². The standard InChI is InChI=1S/C19H19F3N2O/c20-15-3-1-13(2-4-15)9-19(25)23-11-14-7-8-24(12-14)16-5-6-17(21)18(22)10-16/h1-6,10,14H,7-9,11-12H2,(H,23,25)/t14-/m0/s1. The van der Waals surface area contributed by atoms with Crippen molar-refractivity contribution in [3.63, 3.8) is 0 Å². The van der Waals surface area contributed by atoms with Gasteiger partial charge >= 0.3 is 0 Å². The minimum absolute atomic E-state index is 0.113. The summed E-state index contributed by atoms with van der Waals surface area (Å²) in [5, 5.41) is 2.89. The van der Waals surface area contributed by atoms with Gasteiger partial charge in [0.1, 0.15) is 5.82 Å². The second-order valence-corrected chi connectivity index (χ2v) is 6.31. The van der Waals surface area contributed by atoms with Crippen LogP contribution in [0.5, 0.6) is 0 Å². The van der Waals surface area contributed by atoms with E-state index in [-0.39, 0.29) is 24.1 Å². The molecule has 1 N–H and O–H groups in total. The van der Waals surface area contributed by atoms with Crippen LogP contribution >= 0.6 is 0 Å². The average Bonchev–Trinajstić information content (AvgIpc) is 3.07. The minimum atomic E-state index is -0.854. The van der Waals surface area contributed by atoms with E-state index in [1.165, 1.54) is 18.2 Å². The Morgan fingerprint density at radius 3 is 2.56 bits per heavy atom. The van der Waals surface area contributed by atoms with Crippen molar-refractivity contribution >= 4 is 11.6 Å². The van der Waals surface area contributed by atoms with Crippen LogP contribution in [0.3, 0.4) is 0 Å². The van der Waals surface area contributed by atoms with E-state index in [9.17, 15) is 18.0 Å². The van der Waals surface area contributed by atoms with Crippen molar-refractivity contribution in [2.45, 2.75) is 12.8 Å². The first-order valence-electron chi connectivity index (χ1n) is 8.22. The monoisotopic (exact) mass is 348 g/mol. The van der Waals surface area contributed by atoms with Gasteiger partial charge in [0.15, 0.2) is 11.6 Å². The normalized spacial score (nSPS) is 16.9. The molecule has 0 aromatic heterocycles. The highest BCUT2D eigenvalue weighted by molar-refractivity contribution is 5.78. The van der Waals surface area contributed by atoms with Crippen LogP contribution in [0.2, 0.25) is 0 Å². The summed E-state index contributed by atoms with van der Waals surface area (Å²) in [6.07, 6.45) is 1.08. The molecule has 1 amide bonds. The molecule has 1 fully saturated rings. The van der Waals surface area contributed by atoms with Crippen molar-refractivity contribution < 1.29 is 18.0 Å². The molecule has 1 aliphatic rings. The van der Waals surface area contributed by atoms with Crippen LogP contribution in [-0.4, -0.2) is 25.5 Å². The highest BCUT2D eigenvalue weighted by Gasteiger charge is 2.23. The highest BCUT2D eigenvalue weighted by Crippen LogP contribution is 2.25. The first-order valence-corrected chi connectivity index (χ1v) is 8.22. The van der Waals surface area contributed by atoms with Gasteiger partial charge < -0.3 is 10.2 Å². The molecule has 0 spiro atoms. The lowest BCUT2D eigenvalue weighted by atomic mass is 10.1. The molecule has 6 heteroatoms. The number of benzene rings is 2. The predicted molar refractivity (Wildman–Crippen MR) is 89.8 cm³/mol. The van der Waals surface area contributed by atoms with Gasteiger partial charge in [-0.25, -0.2) is 13.2 Å². The Hall–Kier alpha value is -2.50. The van der Waals surface area contributed by atoms with E-state index in [2.05, 4.69) is 5.32 Å². The molecule has 132 valence electrons. The number of hydrogen-bond donors (Lipinski definition) is 1. The van der Waals surface area contributed by atoms with Gasteiger partial charge in [0.25, 0.3) is 0 Å². The van der Waals surface area contributed by atoms with Crippen molar-refractivity contribution in [2.24, 2.45) is 5.92 Å². The molecule has 25 heavy (non-hydrogen) atoms. The van der Waals surface area contributed by atoms with Gasteiger partial charge in [-0.3, -0.25) is 4.79 Å². The lowest BCUT2D eigenvalue weighted by molar-refractivity contribution is -0.120. The van der Waals surface area contributed by atoms with Crippen LogP contribution < -0.4 is 10.2 Å². The zero-order valence-electron chi connectivity index (χ0n) is 13.6. The van der Waals surface area contributed by atoms with E-state index < -0.39 is 11.6 Å². The second kappa shape index (κ2) is 7.59. The van der Waals surface area contributed by atoms with Crippen LogP contribution in [0.1, 0.15) is 12.0 Å². The Labute approximate surface area is 144 Å². The molecule has 1 aliphatic heterocycles.